The van der Waals surface area contributed by atoms with Crippen molar-refractivity contribution in [1.82, 2.24) is 9.62 Å². The summed E-state index contributed by atoms with van der Waals surface area (Å²) in [5, 5.41) is 6.96. The van der Waals surface area contributed by atoms with Gasteiger partial charge in [-0.25, -0.2) is 12.7 Å². The molecule has 140 valence electrons. The molecule has 0 aliphatic carbocycles. The highest BCUT2D eigenvalue weighted by atomic mass is 32.2. The molecule has 2 rings (SSSR count). The molecule has 1 aromatic heterocycles. The Labute approximate surface area is 157 Å². The molecule has 1 heterocycles. The molecule has 0 atom stereocenters. The molecule has 0 fully saturated rings. The van der Waals surface area contributed by atoms with Gasteiger partial charge in [0, 0.05) is 38.3 Å². The fourth-order valence-electron chi connectivity index (χ4n) is 2.22. The number of nitrogens with zero attached hydrogens (tertiary/aromatic N) is 1. The number of sulfonamides is 1. The Morgan fingerprint density at radius 2 is 1.85 bits per heavy atom. The van der Waals surface area contributed by atoms with Crippen molar-refractivity contribution in [3.63, 3.8) is 0 Å². The van der Waals surface area contributed by atoms with Crippen LogP contribution in [-0.2, 0) is 14.8 Å². The number of hydrogen-bond donors (Lipinski definition) is 2. The van der Waals surface area contributed by atoms with E-state index in [1.165, 1.54) is 22.7 Å². The van der Waals surface area contributed by atoms with Gasteiger partial charge in [0.15, 0.2) is 0 Å². The summed E-state index contributed by atoms with van der Waals surface area (Å²) in [7, 11) is -0.432. The molecular weight excluding hydrogens is 374 g/mol. The molecule has 9 heteroatoms. The number of hydrogen-bond acceptors (Lipinski definition) is 5. The van der Waals surface area contributed by atoms with Gasteiger partial charge in [-0.15, -0.1) is 11.3 Å². The number of benzene rings is 1. The van der Waals surface area contributed by atoms with Crippen LogP contribution in [0.5, 0.6) is 0 Å². The molecule has 1 aromatic carbocycles. The van der Waals surface area contributed by atoms with E-state index in [0.29, 0.717) is 21.9 Å². The number of nitrogens with one attached hydrogen (secondary N) is 2. The van der Waals surface area contributed by atoms with Gasteiger partial charge in [0.1, 0.15) is 4.21 Å². The van der Waals surface area contributed by atoms with Gasteiger partial charge in [-0.05, 0) is 42.1 Å². The van der Waals surface area contributed by atoms with E-state index in [2.05, 4.69) is 10.6 Å². The first-order valence-corrected chi connectivity index (χ1v) is 10.3. The van der Waals surface area contributed by atoms with Crippen molar-refractivity contribution in [1.29, 1.82) is 0 Å². The van der Waals surface area contributed by atoms with Crippen LogP contribution in [0.1, 0.15) is 23.2 Å². The monoisotopic (exact) mass is 395 g/mol. The molecule has 0 bridgehead atoms. The van der Waals surface area contributed by atoms with Crippen LogP contribution in [0.25, 0.3) is 0 Å². The average molecular weight is 396 g/mol. The third-order valence-corrected chi connectivity index (χ3v) is 6.92. The smallest absolute Gasteiger partial charge is 0.252 e. The molecule has 0 spiro atoms. The lowest BCUT2D eigenvalue weighted by Crippen LogP contribution is -2.28. The summed E-state index contributed by atoms with van der Waals surface area (Å²) >= 11 is 1.17. The fourth-order valence-corrected chi connectivity index (χ4v) is 4.63. The summed E-state index contributed by atoms with van der Waals surface area (Å²) < 4.78 is 26.1. The summed E-state index contributed by atoms with van der Waals surface area (Å²) in [6.45, 7) is 0.253. The van der Waals surface area contributed by atoms with E-state index >= 15 is 0 Å². The number of thiophene rings is 1. The Kier molecular flexibility index (Phi) is 6.90. The topological polar surface area (TPSA) is 95.6 Å². The van der Waals surface area contributed by atoms with Crippen molar-refractivity contribution >= 4 is 38.9 Å². The highest BCUT2D eigenvalue weighted by molar-refractivity contribution is 7.91. The second-order valence-corrected chi connectivity index (χ2v) is 8.79. The summed E-state index contributed by atoms with van der Waals surface area (Å²) in [5.74, 6) is -0.405. The van der Waals surface area contributed by atoms with Crippen LogP contribution in [-0.4, -0.2) is 45.2 Å². The number of rotatable bonds is 8. The zero-order valence-electron chi connectivity index (χ0n) is 14.6. The number of anilines is 1. The zero-order valence-corrected chi connectivity index (χ0v) is 16.2. The third-order valence-electron chi connectivity index (χ3n) is 3.69. The van der Waals surface area contributed by atoms with Crippen LogP contribution in [0.2, 0.25) is 0 Å². The van der Waals surface area contributed by atoms with Crippen molar-refractivity contribution in [3.05, 3.63) is 47.3 Å². The number of amides is 2. The first-order chi connectivity index (χ1) is 12.3. The predicted molar refractivity (Wildman–Crippen MR) is 102 cm³/mol. The van der Waals surface area contributed by atoms with Gasteiger partial charge >= 0.3 is 0 Å². The van der Waals surface area contributed by atoms with Gasteiger partial charge in [-0.3, -0.25) is 9.59 Å². The Hall–Kier alpha value is -2.23. The molecule has 26 heavy (non-hydrogen) atoms. The van der Waals surface area contributed by atoms with E-state index in [9.17, 15) is 18.0 Å². The summed E-state index contributed by atoms with van der Waals surface area (Å²) in [6, 6.07) is 9.79. The minimum atomic E-state index is -3.49. The van der Waals surface area contributed by atoms with Crippen LogP contribution in [0, 0.1) is 0 Å². The van der Waals surface area contributed by atoms with Gasteiger partial charge in [-0.2, -0.15) is 0 Å². The second-order valence-electron chi connectivity index (χ2n) is 5.57. The summed E-state index contributed by atoms with van der Waals surface area (Å²) in [5.41, 5.74) is 1.09. The minimum absolute atomic E-state index is 0.196. The Morgan fingerprint density at radius 3 is 2.42 bits per heavy atom. The second kappa shape index (κ2) is 8.93. The van der Waals surface area contributed by atoms with Gasteiger partial charge in [0.25, 0.3) is 15.9 Å². The van der Waals surface area contributed by atoms with Crippen LogP contribution < -0.4 is 10.6 Å². The molecule has 0 unspecified atom stereocenters. The first kappa shape index (κ1) is 20.1. The summed E-state index contributed by atoms with van der Waals surface area (Å²) in [6.07, 6.45) is 0.602. The van der Waals surface area contributed by atoms with Gasteiger partial charge in [0.2, 0.25) is 5.91 Å². The molecule has 0 radical (unpaired) electrons. The molecule has 0 saturated heterocycles. The van der Waals surface area contributed by atoms with Crippen molar-refractivity contribution in [2.45, 2.75) is 17.1 Å². The quantitative estimate of drug-likeness (QED) is 0.716. The zero-order chi connectivity index (χ0) is 19.2. The van der Waals surface area contributed by atoms with Gasteiger partial charge in [0.05, 0.1) is 0 Å². The highest BCUT2D eigenvalue weighted by Crippen LogP contribution is 2.20. The summed E-state index contributed by atoms with van der Waals surface area (Å²) in [4.78, 5) is 23.5. The van der Waals surface area contributed by atoms with E-state index < -0.39 is 10.0 Å². The van der Waals surface area contributed by atoms with E-state index in [1.807, 2.05) is 0 Å². The Bertz CT molecular complexity index is 847. The lowest BCUT2D eigenvalue weighted by atomic mass is 10.2. The lowest BCUT2D eigenvalue weighted by molar-refractivity contribution is -0.116. The Morgan fingerprint density at radius 1 is 1.15 bits per heavy atom. The van der Waals surface area contributed by atoms with Crippen LogP contribution in [0.4, 0.5) is 5.69 Å². The largest absolute Gasteiger partial charge is 0.355 e. The van der Waals surface area contributed by atoms with Crippen molar-refractivity contribution in [2.24, 2.45) is 0 Å². The van der Waals surface area contributed by atoms with Crippen molar-refractivity contribution < 1.29 is 18.0 Å². The highest BCUT2D eigenvalue weighted by Gasteiger charge is 2.21. The predicted octanol–water partition coefficient (Wildman–Crippen LogP) is 2.15. The maximum atomic E-state index is 12.3. The van der Waals surface area contributed by atoms with Crippen LogP contribution in [0.3, 0.4) is 0 Å². The molecule has 2 N–H and O–H groups in total. The van der Waals surface area contributed by atoms with Crippen molar-refractivity contribution in [3.8, 4) is 0 Å². The van der Waals surface area contributed by atoms with E-state index in [1.54, 1.807) is 48.8 Å². The SMILES string of the molecule is CNC(=O)c1ccc(NC(=O)CCCN(C)S(=O)(=O)c2cccs2)cc1. The van der Waals surface area contributed by atoms with Crippen LogP contribution >= 0.6 is 11.3 Å². The minimum Gasteiger partial charge on any atom is -0.355 e. The normalized spacial score (nSPS) is 11.3. The third kappa shape index (κ3) is 5.13. The molecule has 0 aliphatic rings. The number of carbonyl (C=O) groups is 2. The van der Waals surface area contributed by atoms with E-state index in [0.717, 1.165) is 0 Å². The van der Waals surface area contributed by atoms with Crippen molar-refractivity contribution in [2.75, 3.05) is 26.0 Å². The standard InChI is InChI=1S/C17H21N3O4S2/c1-18-17(22)13-7-9-14(10-8-13)19-15(21)5-3-11-20(2)26(23,24)16-6-4-12-25-16/h4,6-10,12H,3,5,11H2,1-2H3,(H,18,22)(H,19,21). The Balaban J connectivity index is 1.81. The van der Waals surface area contributed by atoms with E-state index in [4.69, 9.17) is 0 Å². The molecular formula is C17H21N3O4S2. The maximum absolute atomic E-state index is 12.3. The number of carbonyl (C=O) groups excluding carboxylic acids is 2. The maximum Gasteiger partial charge on any atom is 0.252 e. The van der Waals surface area contributed by atoms with Gasteiger partial charge in [-0.1, -0.05) is 6.07 Å². The molecule has 7 nitrogen and oxygen atoms in total. The van der Waals surface area contributed by atoms with Crippen LogP contribution in [0.15, 0.2) is 46.0 Å². The molecule has 0 saturated carbocycles. The first-order valence-electron chi connectivity index (χ1n) is 7.96. The lowest BCUT2D eigenvalue weighted by Gasteiger charge is -2.15. The van der Waals surface area contributed by atoms with Gasteiger partial charge < -0.3 is 10.6 Å². The fraction of sp³-hybridized carbons (Fsp3) is 0.294. The molecule has 2 amide bonds. The molecule has 0 aliphatic heterocycles. The molecule has 2 aromatic rings. The average Bonchev–Trinajstić information content (AvgIpc) is 3.17. The van der Waals surface area contributed by atoms with E-state index in [-0.39, 0.29) is 24.8 Å².